The van der Waals surface area contributed by atoms with Crippen molar-refractivity contribution in [1.29, 1.82) is 0 Å². The minimum absolute atomic E-state index is 0.403. The van der Waals surface area contributed by atoms with Crippen molar-refractivity contribution in [1.82, 2.24) is 0 Å². The van der Waals surface area contributed by atoms with Gasteiger partial charge in [0.2, 0.25) is 0 Å². The van der Waals surface area contributed by atoms with Crippen molar-refractivity contribution in [2.45, 2.75) is 35.8 Å². The molecule has 1 nitrogen and oxygen atoms in total. The molecule has 1 unspecified atom stereocenters. The fourth-order valence-corrected chi connectivity index (χ4v) is 3.36. The van der Waals surface area contributed by atoms with Gasteiger partial charge in [0.15, 0.2) is 0 Å². The van der Waals surface area contributed by atoms with Gasteiger partial charge in [0.05, 0.1) is 0 Å². The van der Waals surface area contributed by atoms with Gasteiger partial charge < -0.3 is 0 Å². The average Bonchev–Trinajstić information content (AvgIpc) is 2.17. The van der Waals surface area contributed by atoms with Crippen LogP contribution in [0.2, 0.25) is 5.02 Å². The molecular formula is C12H13ClOS. The van der Waals surface area contributed by atoms with Crippen LogP contribution in [-0.4, -0.2) is 11.0 Å². The molecule has 1 saturated carbocycles. The Bertz CT molecular complexity index is 364. The Kier molecular flexibility index (Phi) is 3.71. The van der Waals surface area contributed by atoms with Crippen LogP contribution in [0.5, 0.6) is 0 Å². The van der Waals surface area contributed by atoms with Crippen molar-refractivity contribution in [3.05, 3.63) is 29.3 Å². The number of carbonyl (C=O) groups excluding carboxylic acids is 1. The van der Waals surface area contributed by atoms with E-state index in [1.54, 1.807) is 11.8 Å². The molecule has 2 rings (SSSR count). The molecule has 0 heterocycles. The van der Waals surface area contributed by atoms with E-state index in [0.717, 1.165) is 30.7 Å². The van der Waals surface area contributed by atoms with Gasteiger partial charge in [-0.15, -0.1) is 11.8 Å². The zero-order valence-electron chi connectivity index (χ0n) is 8.41. The maximum Gasteiger partial charge on any atom is 0.134 e. The molecule has 0 radical (unpaired) electrons. The van der Waals surface area contributed by atoms with Gasteiger partial charge in [-0.3, -0.25) is 4.79 Å². The fourth-order valence-electron chi connectivity index (χ4n) is 1.82. The van der Waals surface area contributed by atoms with Gasteiger partial charge in [-0.25, -0.2) is 0 Å². The van der Waals surface area contributed by atoms with Crippen molar-refractivity contribution in [2.24, 2.45) is 0 Å². The Hall–Kier alpha value is -0.470. The predicted octanol–water partition coefficient (Wildman–Crippen LogP) is 3.94. The summed E-state index contributed by atoms with van der Waals surface area (Å²) in [5.74, 6) is 0.403. The van der Waals surface area contributed by atoms with E-state index in [9.17, 15) is 4.79 Å². The van der Waals surface area contributed by atoms with Crippen LogP contribution in [0.3, 0.4) is 0 Å². The van der Waals surface area contributed by atoms with Crippen LogP contribution in [0.1, 0.15) is 25.7 Å². The first-order chi connectivity index (χ1) is 7.24. The second kappa shape index (κ2) is 5.04. The third kappa shape index (κ3) is 3.25. The number of hydrogen-bond acceptors (Lipinski definition) is 2. The Morgan fingerprint density at radius 3 is 3.00 bits per heavy atom. The summed E-state index contributed by atoms with van der Waals surface area (Å²) in [7, 11) is 0. The van der Waals surface area contributed by atoms with Crippen molar-refractivity contribution < 1.29 is 4.79 Å². The summed E-state index contributed by atoms with van der Waals surface area (Å²) in [6, 6.07) is 7.84. The van der Waals surface area contributed by atoms with E-state index in [-0.39, 0.29) is 0 Å². The zero-order valence-corrected chi connectivity index (χ0v) is 9.98. The summed E-state index contributed by atoms with van der Waals surface area (Å²) in [5, 5.41) is 1.21. The molecule has 3 heteroatoms. The number of ketones is 1. The monoisotopic (exact) mass is 240 g/mol. The summed E-state index contributed by atoms with van der Waals surface area (Å²) in [6.07, 6.45) is 3.67. The number of rotatable bonds is 2. The first-order valence-corrected chi connectivity index (χ1v) is 6.44. The molecular weight excluding hydrogens is 228 g/mol. The summed E-state index contributed by atoms with van der Waals surface area (Å²) in [5.41, 5.74) is 0. The van der Waals surface area contributed by atoms with E-state index in [1.807, 2.05) is 18.2 Å². The Morgan fingerprint density at radius 1 is 1.40 bits per heavy atom. The van der Waals surface area contributed by atoms with Crippen molar-refractivity contribution in [3.8, 4) is 0 Å². The molecule has 0 N–H and O–H groups in total. The number of benzene rings is 1. The summed E-state index contributed by atoms with van der Waals surface area (Å²) < 4.78 is 0. The van der Waals surface area contributed by atoms with E-state index in [1.165, 1.54) is 4.90 Å². The van der Waals surface area contributed by atoms with E-state index >= 15 is 0 Å². The Morgan fingerprint density at radius 2 is 2.27 bits per heavy atom. The van der Waals surface area contributed by atoms with Crippen LogP contribution >= 0.6 is 23.4 Å². The summed E-state index contributed by atoms with van der Waals surface area (Å²) in [6.45, 7) is 0. The standard InChI is InChI=1S/C12H13ClOS/c13-9-3-1-5-11(7-9)15-12-6-2-4-10(14)8-12/h1,3,5,7,12H,2,4,6,8H2. The minimum atomic E-state index is 0.403. The SMILES string of the molecule is O=C1CCCC(Sc2cccc(Cl)c2)C1. The number of thioether (sulfide) groups is 1. The highest BCUT2D eigenvalue weighted by Crippen LogP contribution is 2.33. The number of carbonyl (C=O) groups is 1. The van der Waals surface area contributed by atoms with Crippen LogP contribution in [0.25, 0.3) is 0 Å². The maximum atomic E-state index is 11.3. The van der Waals surface area contributed by atoms with E-state index in [0.29, 0.717) is 11.0 Å². The lowest BCUT2D eigenvalue weighted by atomic mass is 9.99. The van der Waals surface area contributed by atoms with Gasteiger partial charge in [0, 0.05) is 28.0 Å². The fraction of sp³-hybridized carbons (Fsp3) is 0.417. The largest absolute Gasteiger partial charge is 0.300 e. The summed E-state index contributed by atoms with van der Waals surface area (Å²) in [4.78, 5) is 12.5. The van der Waals surface area contributed by atoms with E-state index in [4.69, 9.17) is 11.6 Å². The molecule has 0 amide bonds. The molecule has 1 aliphatic rings. The Balaban J connectivity index is 1.99. The lowest BCUT2D eigenvalue weighted by Gasteiger charge is -2.20. The van der Waals surface area contributed by atoms with Gasteiger partial charge >= 0.3 is 0 Å². The zero-order chi connectivity index (χ0) is 10.7. The van der Waals surface area contributed by atoms with Gasteiger partial charge in [0.25, 0.3) is 0 Å². The molecule has 1 atom stereocenters. The second-order valence-corrected chi connectivity index (χ2v) is 5.64. The smallest absolute Gasteiger partial charge is 0.134 e. The van der Waals surface area contributed by atoms with Gasteiger partial charge in [-0.2, -0.15) is 0 Å². The molecule has 1 aromatic carbocycles. The van der Waals surface area contributed by atoms with Crippen LogP contribution in [-0.2, 0) is 4.79 Å². The van der Waals surface area contributed by atoms with Crippen molar-refractivity contribution in [3.63, 3.8) is 0 Å². The van der Waals surface area contributed by atoms with Crippen LogP contribution in [0.15, 0.2) is 29.2 Å². The van der Waals surface area contributed by atoms with E-state index < -0.39 is 0 Å². The summed E-state index contributed by atoms with van der Waals surface area (Å²) >= 11 is 7.69. The third-order valence-corrected chi connectivity index (χ3v) is 4.03. The maximum absolute atomic E-state index is 11.3. The normalized spacial score (nSPS) is 21.7. The molecule has 0 aliphatic heterocycles. The van der Waals surface area contributed by atoms with Crippen molar-refractivity contribution in [2.75, 3.05) is 0 Å². The van der Waals surface area contributed by atoms with Crippen molar-refractivity contribution >= 4 is 29.1 Å². The number of Topliss-reactive ketones (excluding diaryl/α,β-unsaturated/α-hetero) is 1. The lowest BCUT2D eigenvalue weighted by Crippen LogP contribution is -2.16. The first-order valence-electron chi connectivity index (χ1n) is 5.18. The molecule has 15 heavy (non-hydrogen) atoms. The highest BCUT2D eigenvalue weighted by atomic mass is 35.5. The minimum Gasteiger partial charge on any atom is -0.300 e. The average molecular weight is 241 g/mol. The topological polar surface area (TPSA) is 17.1 Å². The van der Waals surface area contributed by atoms with Gasteiger partial charge in [-0.1, -0.05) is 17.7 Å². The molecule has 1 fully saturated rings. The molecule has 1 aromatic rings. The highest BCUT2D eigenvalue weighted by molar-refractivity contribution is 8.00. The molecule has 0 aromatic heterocycles. The molecule has 0 saturated heterocycles. The van der Waals surface area contributed by atoms with Crippen LogP contribution in [0.4, 0.5) is 0 Å². The molecule has 0 bridgehead atoms. The Labute approximate surface area is 99.2 Å². The van der Waals surface area contributed by atoms with Crippen LogP contribution in [0, 0.1) is 0 Å². The van der Waals surface area contributed by atoms with E-state index in [2.05, 4.69) is 6.07 Å². The molecule has 80 valence electrons. The quantitative estimate of drug-likeness (QED) is 0.779. The second-order valence-electron chi connectivity index (χ2n) is 3.83. The van der Waals surface area contributed by atoms with Gasteiger partial charge in [0.1, 0.15) is 5.78 Å². The number of hydrogen-bond donors (Lipinski definition) is 0. The lowest BCUT2D eigenvalue weighted by molar-refractivity contribution is -0.120. The first kappa shape index (κ1) is 11.0. The third-order valence-electron chi connectivity index (χ3n) is 2.54. The predicted molar refractivity (Wildman–Crippen MR) is 64.6 cm³/mol. The molecule has 1 aliphatic carbocycles. The molecule has 0 spiro atoms. The highest BCUT2D eigenvalue weighted by Gasteiger charge is 2.20. The number of halogens is 1. The van der Waals surface area contributed by atoms with Gasteiger partial charge in [-0.05, 0) is 31.0 Å². The van der Waals surface area contributed by atoms with Crippen LogP contribution < -0.4 is 0 Å².